The zero-order valence-electron chi connectivity index (χ0n) is 13.7. The van der Waals surface area contributed by atoms with Gasteiger partial charge in [-0.1, -0.05) is 42.5 Å². The van der Waals surface area contributed by atoms with Crippen molar-refractivity contribution in [3.8, 4) is 11.3 Å². The van der Waals surface area contributed by atoms with Crippen molar-refractivity contribution in [1.82, 2.24) is 5.32 Å². The molecule has 0 fully saturated rings. The molecule has 1 N–H and O–H groups in total. The van der Waals surface area contributed by atoms with Crippen LogP contribution in [0.1, 0.15) is 21.7 Å². The van der Waals surface area contributed by atoms with Crippen LogP contribution in [-0.4, -0.2) is 12.5 Å². The molecule has 1 aromatic heterocycles. The second kappa shape index (κ2) is 7.47. The predicted molar refractivity (Wildman–Crippen MR) is 91.6 cm³/mol. The number of hydrogen-bond acceptors (Lipinski definition) is 2. The maximum Gasteiger partial charge on any atom is 0.416 e. The van der Waals surface area contributed by atoms with Crippen molar-refractivity contribution in [2.24, 2.45) is 0 Å². The van der Waals surface area contributed by atoms with E-state index in [1.54, 1.807) is 0 Å². The summed E-state index contributed by atoms with van der Waals surface area (Å²) in [7, 11) is 0. The maximum atomic E-state index is 12.8. The van der Waals surface area contributed by atoms with Crippen molar-refractivity contribution in [3.63, 3.8) is 0 Å². The fraction of sp³-hybridized carbons (Fsp3) is 0.150. The van der Waals surface area contributed by atoms with Crippen LogP contribution in [-0.2, 0) is 12.6 Å². The fourth-order valence-electron chi connectivity index (χ4n) is 2.52. The number of nitrogens with one attached hydrogen (secondary N) is 1. The number of hydrogen-bond donors (Lipinski definition) is 1. The molecule has 1 amide bonds. The summed E-state index contributed by atoms with van der Waals surface area (Å²) in [6.07, 6.45) is -3.76. The molecule has 3 aromatic rings. The molecule has 0 bridgehead atoms. The molecule has 0 aliphatic rings. The molecule has 3 rings (SSSR count). The molecule has 0 saturated heterocycles. The Morgan fingerprint density at radius 3 is 2.46 bits per heavy atom. The molecule has 0 atom stereocenters. The van der Waals surface area contributed by atoms with Gasteiger partial charge in [0.05, 0.1) is 5.56 Å². The molecule has 0 spiro atoms. The lowest BCUT2D eigenvalue weighted by Crippen LogP contribution is -2.25. The second-order valence-corrected chi connectivity index (χ2v) is 5.73. The Morgan fingerprint density at radius 2 is 1.73 bits per heavy atom. The van der Waals surface area contributed by atoms with Crippen LogP contribution in [0.5, 0.6) is 0 Å². The van der Waals surface area contributed by atoms with E-state index in [0.29, 0.717) is 13.0 Å². The first-order valence-corrected chi connectivity index (χ1v) is 8.03. The summed E-state index contributed by atoms with van der Waals surface area (Å²) in [5.41, 5.74) is 0.598. The molecular weight excluding hydrogens is 343 g/mol. The van der Waals surface area contributed by atoms with Crippen LogP contribution in [0.4, 0.5) is 13.2 Å². The van der Waals surface area contributed by atoms with E-state index in [1.165, 1.54) is 24.3 Å². The number of benzene rings is 2. The Labute approximate surface area is 148 Å². The molecule has 0 aliphatic carbocycles. The quantitative estimate of drug-likeness (QED) is 0.701. The molecule has 0 aliphatic heterocycles. The lowest BCUT2D eigenvalue weighted by Gasteiger charge is -2.07. The third kappa shape index (κ3) is 4.33. The van der Waals surface area contributed by atoms with Gasteiger partial charge in [-0.2, -0.15) is 13.2 Å². The van der Waals surface area contributed by atoms with Gasteiger partial charge in [0.1, 0.15) is 5.76 Å². The number of rotatable bonds is 5. The van der Waals surface area contributed by atoms with Gasteiger partial charge in [0.25, 0.3) is 5.91 Å². The van der Waals surface area contributed by atoms with Crippen LogP contribution in [0.25, 0.3) is 11.3 Å². The van der Waals surface area contributed by atoms with E-state index in [4.69, 9.17) is 4.42 Å². The average molecular weight is 359 g/mol. The molecule has 6 heteroatoms. The molecule has 2 aromatic carbocycles. The summed E-state index contributed by atoms with van der Waals surface area (Å²) >= 11 is 0. The highest BCUT2D eigenvalue weighted by molar-refractivity contribution is 5.92. The SMILES string of the molecule is O=C(NCCc1ccccc1)c1ccc(-c2cccc(C(F)(F)F)c2)o1. The van der Waals surface area contributed by atoms with Gasteiger partial charge < -0.3 is 9.73 Å². The van der Waals surface area contributed by atoms with Crippen molar-refractivity contribution in [3.05, 3.63) is 83.6 Å². The number of carbonyl (C=O) groups excluding carboxylic acids is 1. The van der Waals surface area contributed by atoms with Crippen molar-refractivity contribution in [2.75, 3.05) is 6.54 Å². The van der Waals surface area contributed by atoms with Gasteiger partial charge in [-0.15, -0.1) is 0 Å². The van der Waals surface area contributed by atoms with E-state index in [2.05, 4.69) is 5.32 Å². The van der Waals surface area contributed by atoms with Crippen LogP contribution in [0.3, 0.4) is 0 Å². The first-order valence-electron chi connectivity index (χ1n) is 8.03. The molecule has 0 unspecified atom stereocenters. The Hall–Kier alpha value is -3.02. The first-order chi connectivity index (χ1) is 12.4. The topological polar surface area (TPSA) is 42.2 Å². The van der Waals surface area contributed by atoms with E-state index in [9.17, 15) is 18.0 Å². The van der Waals surface area contributed by atoms with E-state index in [0.717, 1.165) is 17.7 Å². The number of halogens is 3. The van der Waals surface area contributed by atoms with Gasteiger partial charge in [-0.05, 0) is 36.2 Å². The normalized spacial score (nSPS) is 11.3. The minimum atomic E-state index is -4.43. The standard InChI is InChI=1S/C20H16F3NO2/c21-20(22,23)16-8-4-7-15(13-16)17-9-10-18(26-17)19(25)24-12-11-14-5-2-1-3-6-14/h1-10,13H,11-12H2,(H,24,25). The van der Waals surface area contributed by atoms with Crippen molar-refractivity contribution in [1.29, 1.82) is 0 Å². The van der Waals surface area contributed by atoms with Crippen LogP contribution in [0.2, 0.25) is 0 Å². The van der Waals surface area contributed by atoms with Gasteiger partial charge in [-0.25, -0.2) is 0 Å². The van der Waals surface area contributed by atoms with Crippen LogP contribution >= 0.6 is 0 Å². The largest absolute Gasteiger partial charge is 0.451 e. The van der Waals surface area contributed by atoms with Gasteiger partial charge in [0.2, 0.25) is 0 Å². The smallest absolute Gasteiger partial charge is 0.416 e. The molecule has 3 nitrogen and oxygen atoms in total. The number of carbonyl (C=O) groups is 1. The number of amides is 1. The molecule has 1 heterocycles. The fourth-order valence-corrected chi connectivity index (χ4v) is 2.52. The second-order valence-electron chi connectivity index (χ2n) is 5.73. The maximum absolute atomic E-state index is 12.8. The van der Waals surface area contributed by atoms with Crippen LogP contribution in [0.15, 0.2) is 71.1 Å². The summed E-state index contributed by atoms with van der Waals surface area (Å²) in [5, 5.41) is 2.74. The minimum Gasteiger partial charge on any atom is -0.451 e. The Kier molecular flexibility index (Phi) is 5.11. The Morgan fingerprint density at radius 1 is 0.962 bits per heavy atom. The Bertz CT molecular complexity index is 885. The summed E-state index contributed by atoms with van der Waals surface area (Å²) < 4.78 is 43.8. The zero-order chi connectivity index (χ0) is 18.6. The molecule has 134 valence electrons. The van der Waals surface area contributed by atoms with Crippen LogP contribution in [0, 0.1) is 0 Å². The lowest BCUT2D eigenvalue weighted by molar-refractivity contribution is -0.137. The highest BCUT2D eigenvalue weighted by Crippen LogP contribution is 2.32. The molecule has 26 heavy (non-hydrogen) atoms. The number of alkyl halides is 3. The van der Waals surface area contributed by atoms with E-state index in [-0.39, 0.29) is 17.1 Å². The summed E-state index contributed by atoms with van der Waals surface area (Å²) in [6.45, 7) is 0.433. The molecule has 0 saturated carbocycles. The highest BCUT2D eigenvalue weighted by Gasteiger charge is 2.30. The Balaban J connectivity index is 1.65. The van der Waals surface area contributed by atoms with Crippen molar-refractivity contribution >= 4 is 5.91 Å². The summed E-state index contributed by atoms with van der Waals surface area (Å²) in [4.78, 5) is 12.1. The van der Waals surface area contributed by atoms with Crippen LogP contribution < -0.4 is 5.32 Å². The first kappa shape index (κ1) is 17.8. The van der Waals surface area contributed by atoms with Crippen molar-refractivity contribution < 1.29 is 22.4 Å². The van der Waals surface area contributed by atoms with Gasteiger partial charge >= 0.3 is 6.18 Å². The van der Waals surface area contributed by atoms with E-state index in [1.807, 2.05) is 30.3 Å². The number of furan rings is 1. The predicted octanol–water partition coefficient (Wildman–Crippen LogP) is 4.94. The van der Waals surface area contributed by atoms with Gasteiger partial charge in [0, 0.05) is 12.1 Å². The molecular formula is C20H16F3NO2. The van der Waals surface area contributed by atoms with E-state index >= 15 is 0 Å². The molecule has 0 radical (unpaired) electrons. The zero-order valence-corrected chi connectivity index (χ0v) is 13.7. The van der Waals surface area contributed by atoms with Gasteiger partial charge in [-0.3, -0.25) is 4.79 Å². The van der Waals surface area contributed by atoms with Crippen molar-refractivity contribution in [2.45, 2.75) is 12.6 Å². The average Bonchev–Trinajstić information content (AvgIpc) is 3.12. The minimum absolute atomic E-state index is 0.0606. The summed E-state index contributed by atoms with van der Waals surface area (Å²) in [6, 6.07) is 17.4. The lowest BCUT2D eigenvalue weighted by atomic mass is 10.1. The highest BCUT2D eigenvalue weighted by atomic mass is 19.4. The monoisotopic (exact) mass is 359 g/mol. The van der Waals surface area contributed by atoms with Gasteiger partial charge in [0.15, 0.2) is 5.76 Å². The third-order valence-corrected chi connectivity index (χ3v) is 3.85. The third-order valence-electron chi connectivity index (χ3n) is 3.85. The summed E-state index contributed by atoms with van der Waals surface area (Å²) in [5.74, 6) is -0.131. The van der Waals surface area contributed by atoms with E-state index < -0.39 is 17.6 Å².